The summed E-state index contributed by atoms with van der Waals surface area (Å²) in [5, 5.41) is 6.56. The molecule has 2 rings (SSSR count). The lowest BCUT2D eigenvalue weighted by molar-refractivity contribution is 0.538. The Morgan fingerprint density at radius 1 is 1.44 bits per heavy atom. The Morgan fingerprint density at radius 3 is 2.94 bits per heavy atom. The molecular formula is C14H17FN2S. The van der Waals surface area contributed by atoms with Crippen LogP contribution in [0.15, 0.2) is 29.6 Å². The molecule has 96 valence electrons. The van der Waals surface area contributed by atoms with E-state index in [1.165, 1.54) is 6.07 Å². The van der Waals surface area contributed by atoms with Crippen LogP contribution in [0.2, 0.25) is 0 Å². The quantitative estimate of drug-likeness (QED) is 0.896. The zero-order valence-electron chi connectivity index (χ0n) is 10.6. The summed E-state index contributed by atoms with van der Waals surface area (Å²) in [6.45, 7) is 4.87. The fourth-order valence-corrected chi connectivity index (χ4v) is 2.47. The van der Waals surface area contributed by atoms with Crippen LogP contribution in [-0.2, 0) is 13.0 Å². The van der Waals surface area contributed by atoms with Crippen molar-refractivity contribution in [1.29, 1.82) is 0 Å². The fourth-order valence-electron chi connectivity index (χ4n) is 1.86. The van der Waals surface area contributed by atoms with Crippen LogP contribution in [0.5, 0.6) is 0 Å². The SMILES string of the molecule is Cc1nc(CN[C@@H](C)Cc2cccc(F)c2)cs1. The van der Waals surface area contributed by atoms with Gasteiger partial charge >= 0.3 is 0 Å². The summed E-state index contributed by atoms with van der Waals surface area (Å²) in [6, 6.07) is 7.06. The number of hydrogen-bond acceptors (Lipinski definition) is 3. The van der Waals surface area contributed by atoms with Crippen LogP contribution < -0.4 is 5.32 Å². The minimum Gasteiger partial charge on any atom is -0.308 e. The highest BCUT2D eigenvalue weighted by Gasteiger charge is 2.05. The Morgan fingerprint density at radius 2 is 2.28 bits per heavy atom. The van der Waals surface area contributed by atoms with Gasteiger partial charge in [-0.3, -0.25) is 0 Å². The summed E-state index contributed by atoms with van der Waals surface area (Å²) in [4.78, 5) is 4.40. The largest absolute Gasteiger partial charge is 0.308 e. The molecule has 1 N–H and O–H groups in total. The highest BCUT2D eigenvalue weighted by Crippen LogP contribution is 2.09. The standard InChI is InChI=1S/C14H17FN2S/c1-10(6-12-4-3-5-13(15)7-12)16-8-14-9-18-11(2)17-14/h3-5,7,9-10,16H,6,8H2,1-2H3/t10-/m0/s1. The number of thiazole rings is 1. The van der Waals surface area contributed by atoms with E-state index in [0.29, 0.717) is 6.04 Å². The molecule has 0 aliphatic heterocycles. The zero-order valence-corrected chi connectivity index (χ0v) is 11.4. The monoisotopic (exact) mass is 264 g/mol. The molecule has 4 heteroatoms. The third-order valence-electron chi connectivity index (χ3n) is 2.73. The van der Waals surface area contributed by atoms with Gasteiger partial charge in [0.2, 0.25) is 0 Å². The van der Waals surface area contributed by atoms with Crippen molar-refractivity contribution in [3.8, 4) is 0 Å². The second kappa shape index (κ2) is 6.07. The van der Waals surface area contributed by atoms with Gasteiger partial charge in [0.05, 0.1) is 10.7 Å². The first kappa shape index (κ1) is 13.2. The van der Waals surface area contributed by atoms with E-state index in [2.05, 4.69) is 22.6 Å². The van der Waals surface area contributed by atoms with E-state index in [0.717, 1.165) is 29.2 Å². The third kappa shape index (κ3) is 3.89. The molecule has 0 fully saturated rings. The summed E-state index contributed by atoms with van der Waals surface area (Å²) in [6.07, 6.45) is 0.820. The first-order valence-electron chi connectivity index (χ1n) is 6.02. The molecule has 18 heavy (non-hydrogen) atoms. The molecule has 0 radical (unpaired) electrons. The maximum Gasteiger partial charge on any atom is 0.123 e. The van der Waals surface area contributed by atoms with Crippen LogP contribution in [0.1, 0.15) is 23.2 Å². The van der Waals surface area contributed by atoms with Crippen molar-refractivity contribution in [2.24, 2.45) is 0 Å². The number of hydrogen-bond donors (Lipinski definition) is 1. The van der Waals surface area contributed by atoms with Crippen molar-refractivity contribution in [2.45, 2.75) is 32.9 Å². The van der Waals surface area contributed by atoms with Crippen molar-refractivity contribution in [3.63, 3.8) is 0 Å². The fraction of sp³-hybridized carbons (Fsp3) is 0.357. The number of nitrogens with one attached hydrogen (secondary N) is 1. The van der Waals surface area contributed by atoms with Gasteiger partial charge in [-0.25, -0.2) is 9.37 Å². The topological polar surface area (TPSA) is 24.9 Å². The molecule has 0 saturated heterocycles. The first-order chi connectivity index (χ1) is 8.63. The second-order valence-corrected chi connectivity index (χ2v) is 5.54. The molecule has 1 atom stereocenters. The Bertz CT molecular complexity index is 510. The van der Waals surface area contributed by atoms with Gasteiger partial charge < -0.3 is 5.32 Å². The van der Waals surface area contributed by atoms with E-state index in [1.54, 1.807) is 23.5 Å². The number of rotatable bonds is 5. The molecule has 1 heterocycles. The summed E-state index contributed by atoms with van der Waals surface area (Å²) in [5.74, 6) is -0.171. The molecule has 0 unspecified atom stereocenters. The highest BCUT2D eigenvalue weighted by molar-refractivity contribution is 7.09. The number of nitrogens with zero attached hydrogens (tertiary/aromatic N) is 1. The van der Waals surface area contributed by atoms with E-state index in [4.69, 9.17) is 0 Å². The molecule has 0 aliphatic rings. The summed E-state index contributed by atoms with van der Waals surface area (Å²) < 4.78 is 13.0. The van der Waals surface area contributed by atoms with Crippen LogP contribution in [0.4, 0.5) is 4.39 Å². The lowest BCUT2D eigenvalue weighted by atomic mass is 10.1. The van der Waals surface area contributed by atoms with Crippen molar-refractivity contribution in [1.82, 2.24) is 10.3 Å². The molecule has 2 aromatic rings. The van der Waals surface area contributed by atoms with Gasteiger partial charge in [0, 0.05) is 18.0 Å². The maximum absolute atomic E-state index is 13.0. The summed E-state index contributed by atoms with van der Waals surface area (Å²) in [7, 11) is 0. The highest BCUT2D eigenvalue weighted by atomic mass is 32.1. The number of benzene rings is 1. The first-order valence-corrected chi connectivity index (χ1v) is 6.90. The Balaban J connectivity index is 1.83. The Kier molecular flexibility index (Phi) is 4.44. The van der Waals surface area contributed by atoms with Gasteiger partial charge in [-0.15, -0.1) is 11.3 Å². The van der Waals surface area contributed by atoms with E-state index in [-0.39, 0.29) is 5.82 Å². The third-order valence-corrected chi connectivity index (χ3v) is 3.55. The predicted molar refractivity (Wildman–Crippen MR) is 73.3 cm³/mol. The van der Waals surface area contributed by atoms with Gasteiger partial charge in [-0.05, 0) is 38.0 Å². The number of aryl methyl sites for hydroxylation is 1. The normalized spacial score (nSPS) is 12.6. The predicted octanol–water partition coefficient (Wildman–Crippen LogP) is 3.31. The number of aromatic nitrogens is 1. The smallest absolute Gasteiger partial charge is 0.123 e. The Hall–Kier alpha value is -1.26. The molecule has 0 aliphatic carbocycles. The van der Waals surface area contributed by atoms with Crippen molar-refractivity contribution < 1.29 is 4.39 Å². The average molecular weight is 264 g/mol. The molecule has 0 saturated carbocycles. The second-order valence-electron chi connectivity index (χ2n) is 4.47. The molecule has 0 spiro atoms. The minimum atomic E-state index is -0.171. The van der Waals surface area contributed by atoms with Crippen molar-refractivity contribution >= 4 is 11.3 Å². The van der Waals surface area contributed by atoms with E-state index in [9.17, 15) is 4.39 Å². The van der Waals surface area contributed by atoms with E-state index < -0.39 is 0 Å². The van der Waals surface area contributed by atoms with Gasteiger partial charge in [-0.2, -0.15) is 0 Å². The molecule has 2 nitrogen and oxygen atoms in total. The minimum absolute atomic E-state index is 0.171. The van der Waals surface area contributed by atoms with Gasteiger partial charge in [-0.1, -0.05) is 12.1 Å². The zero-order chi connectivity index (χ0) is 13.0. The van der Waals surface area contributed by atoms with E-state index >= 15 is 0 Å². The maximum atomic E-state index is 13.0. The Labute approximate surface area is 111 Å². The van der Waals surface area contributed by atoms with Crippen LogP contribution in [0, 0.1) is 12.7 Å². The van der Waals surface area contributed by atoms with Crippen LogP contribution in [-0.4, -0.2) is 11.0 Å². The average Bonchev–Trinajstić information content (AvgIpc) is 2.73. The molecule has 1 aromatic carbocycles. The van der Waals surface area contributed by atoms with Gasteiger partial charge in [0.1, 0.15) is 5.82 Å². The van der Waals surface area contributed by atoms with Gasteiger partial charge in [0.25, 0.3) is 0 Å². The van der Waals surface area contributed by atoms with Crippen molar-refractivity contribution in [3.05, 3.63) is 51.7 Å². The molecule has 0 bridgehead atoms. The lowest BCUT2D eigenvalue weighted by Crippen LogP contribution is -2.27. The summed E-state index contributed by atoms with van der Waals surface area (Å²) >= 11 is 1.66. The van der Waals surface area contributed by atoms with Gasteiger partial charge in [0.15, 0.2) is 0 Å². The van der Waals surface area contributed by atoms with Crippen LogP contribution >= 0.6 is 11.3 Å². The van der Waals surface area contributed by atoms with Crippen LogP contribution in [0.25, 0.3) is 0 Å². The molecule has 0 amide bonds. The van der Waals surface area contributed by atoms with Crippen molar-refractivity contribution in [2.75, 3.05) is 0 Å². The lowest BCUT2D eigenvalue weighted by Gasteiger charge is -2.12. The van der Waals surface area contributed by atoms with Crippen LogP contribution in [0.3, 0.4) is 0 Å². The molecular weight excluding hydrogens is 247 g/mol. The summed E-state index contributed by atoms with van der Waals surface area (Å²) in [5.41, 5.74) is 2.09. The number of halogens is 1. The molecule has 1 aromatic heterocycles. The van der Waals surface area contributed by atoms with E-state index in [1.807, 2.05) is 13.0 Å².